The summed E-state index contributed by atoms with van der Waals surface area (Å²) in [6, 6.07) is 0. The molecule has 0 saturated heterocycles. The number of nitrogens with one attached hydrogen (secondary N) is 1. The first-order valence-electron chi connectivity index (χ1n) is 5.18. The molecule has 1 heterocycles. The summed E-state index contributed by atoms with van der Waals surface area (Å²) in [7, 11) is 1.83. The van der Waals surface area contributed by atoms with Gasteiger partial charge < -0.3 is 10.2 Å². The maximum Gasteiger partial charge on any atom is 0.252 e. The van der Waals surface area contributed by atoms with E-state index >= 15 is 0 Å². The number of rotatable bonds is 2. The third-order valence-electron chi connectivity index (χ3n) is 2.53. The summed E-state index contributed by atoms with van der Waals surface area (Å²) < 4.78 is 0. The van der Waals surface area contributed by atoms with Gasteiger partial charge in [0.1, 0.15) is 0 Å². The molecule has 0 saturated carbocycles. The van der Waals surface area contributed by atoms with Crippen molar-refractivity contribution in [2.45, 2.75) is 27.7 Å². The van der Waals surface area contributed by atoms with Crippen LogP contribution < -0.4 is 5.32 Å². The minimum absolute atomic E-state index is 0.169. The van der Waals surface area contributed by atoms with Gasteiger partial charge in [-0.25, -0.2) is 0 Å². The predicted octanol–water partition coefficient (Wildman–Crippen LogP) is 1.57. The molecule has 1 aliphatic rings. The summed E-state index contributed by atoms with van der Waals surface area (Å²) in [5.74, 6) is 0.850. The molecule has 0 atom stereocenters. The molecule has 14 heavy (non-hydrogen) atoms. The van der Waals surface area contributed by atoms with Gasteiger partial charge in [-0.1, -0.05) is 27.7 Å². The van der Waals surface area contributed by atoms with Gasteiger partial charge in [-0.15, -0.1) is 0 Å². The lowest BCUT2D eigenvalue weighted by atomic mass is 9.93. The Bertz CT molecular complexity index is 266. The van der Waals surface area contributed by atoms with Gasteiger partial charge in [0.15, 0.2) is 0 Å². The molecule has 0 radical (unpaired) electrons. The summed E-state index contributed by atoms with van der Waals surface area (Å²) >= 11 is 0. The Morgan fingerprint density at radius 1 is 1.21 bits per heavy atom. The fraction of sp³-hybridized carbons (Fsp3) is 0.727. The fourth-order valence-corrected chi connectivity index (χ4v) is 1.76. The predicted molar refractivity (Wildman–Crippen MR) is 57.5 cm³/mol. The van der Waals surface area contributed by atoms with Gasteiger partial charge in [0.05, 0.1) is 6.67 Å². The van der Waals surface area contributed by atoms with E-state index in [4.69, 9.17) is 0 Å². The number of amides is 1. The molecule has 0 bridgehead atoms. The van der Waals surface area contributed by atoms with E-state index in [1.54, 1.807) is 4.90 Å². The molecule has 3 nitrogen and oxygen atoms in total. The van der Waals surface area contributed by atoms with Crippen molar-refractivity contribution in [1.29, 1.82) is 0 Å². The Morgan fingerprint density at radius 2 is 1.79 bits per heavy atom. The zero-order chi connectivity index (χ0) is 10.9. The number of hydrogen-bond acceptors (Lipinski definition) is 2. The van der Waals surface area contributed by atoms with Crippen molar-refractivity contribution in [2.75, 3.05) is 13.7 Å². The monoisotopic (exact) mass is 196 g/mol. The van der Waals surface area contributed by atoms with Crippen molar-refractivity contribution >= 4 is 5.91 Å². The van der Waals surface area contributed by atoms with E-state index in [0.717, 1.165) is 11.3 Å². The highest BCUT2D eigenvalue weighted by Crippen LogP contribution is 2.23. The van der Waals surface area contributed by atoms with Crippen LogP contribution in [0.2, 0.25) is 0 Å². The van der Waals surface area contributed by atoms with E-state index in [-0.39, 0.29) is 11.8 Å². The molecule has 0 aromatic heterocycles. The zero-order valence-corrected chi connectivity index (χ0v) is 9.72. The molecular weight excluding hydrogens is 176 g/mol. The van der Waals surface area contributed by atoms with Crippen molar-refractivity contribution in [1.82, 2.24) is 10.2 Å². The minimum atomic E-state index is 0.169. The van der Waals surface area contributed by atoms with Crippen LogP contribution in [0.4, 0.5) is 0 Å². The quantitative estimate of drug-likeness (QED) is 0.727. The number of carbonyl (C=O) groups is 1. The molecule has 0 unspecified atom stereocenters. The molecule has 0 aromatic carbocycles. The van der Waals surface area contributed by atoms with Crippen molar-refractivity contribution < 1.29 is 4.79 Å². The van der Waals surface area contributed by atoms with Crippen molar-refractivity contribution in [3.05, 3.63) is 11.3 Å². The second-order valence-corrected chi connectivity index (χ2v) is 4.47. The van der Waals surface area contributed by atoms with Crippen LogP contribution in [-0.2, 0) is 4.79 Å². The first kappa shape index (κ1) is 11.1. The molecule has 0 spiro atoms. The second kappa shape index (κ2) is 4.03. The Morgan fingerprint density at radius 3 is 2.21 bits per heavy atom. The Hall–Kier alpha value is -0.990. The van der Waals surface area contributed by atoms with Gasteiger partial charge in [0.25, 0.3) is 5.91 Å². The molecule has 3 heteroatoms. The van der Waals surface area contributed by atoms with Gasteiger partial charge in [-0.2, -0.15) is 0 Å². The number of likely N-dealkylation sites (N-methyl/N-ethyl adjacent to an activating group) is 1. The van der Waals surface area contributed by atoms with Crippen LogP contribution in [0.25, 0.3) is 0 Å². The summed E-state index contributed by atoms with van der Waals surface area (Å²) in [6.45, 7) is 8.99. The zero-order valence-electron chi connectivity index (χ0n) is 9.72. The third kappa shape index (κ3) is 1.91. The smallest absolute Gasteiger partial charge is 0.252 e. The van der Waals surface area contributed by atoms with Gasteiger partial charge in [-0.05, 0) is 11.8 Å². The van der Waals surface area contributed by atoms with Crippen LogP contribution >= 0.6 is 0 Å². The topological polar surface area (TPSA) is 32.3 Å². The van der Waals surface area contributed by atoms with Crippen molar-refractivity contribution in [3.8, 4) is 0 Å². The molecule has 0 fully saturated rings. The molecule has 1 amide bonds. The fourth-order valence-electron chi connectivity index (χ4n) is 1.76. The SMILES string of the molecule is CC(C)C1=C(C(C)C)C(=O)N(C)CN1. The number of allylic oxidation sites excluding steroid dienone is 1. The maximum absolute atomic E-state index is 11.9. The van der Waals surface area contributed by atoms with E-state index in [2.05, 4.69) is 33.0 Å². The lowest BCUT2D eigenvalue weighted by molar-refractivity contribution is -0.127. The van der Waals surface area contributed by atoms with E-state index in [9.17, 15) is 4.79 Å². The largest absolute Gasteiger partial charge is 0.370 e. The lowest BCUT2D eigenvalue weighted by Crippen LogP contribution is -2.44. The Labute approximate surface area is 86.2 Å². The number of carbonyl (C=O) groups excluding carboxylic acids is 1. The lowest BCUT2D eigenvalue weighted by Gasteiger charge is -2.32. The maximum atomic E-state index is 11.9. The van der Waals surface area contributed by atoms with Crippen LogP contribution in [0, 0.1) is 11.8 Å². The number of nitrogens with zero attached hydrogens (tertiary/aromatic N) is 1. The van der Waals surface area contributed by atoms with Crippen LogP contribution in [0.1, 0.15) is 27.7 Å². The van der Waals surface area contributed by atoms with E-state index < -0.39 is 0 Å². The molecule has 0 aromatic rings. The molecule has 1 rings (SSSR count). The molecular formula is C11H20N2O. The molecule has 0 aliphatic carbocycles. The Balaban J connectivity index is 3.10. The van der Waals surface area contributed by atoms with Crippen LogP contribution in [0.5, 0.6) is 0 Å². The summed E-state index contributed by atoms with van der Waals surface area (Å²) in [4.78, 5) is 13.6. The third-order valence-corrected chi connectivity index (χ3v) is 2.53. The summed E-state index contributed by atoms with van der Waals surface area (Å²) in [5.41, 5.74) is 2.05. The standard InChI is InChI=1S/C11H20N2O/c1-7(2)9-10(8(3)4)12-6-13(5)11(9)14/h7-8,12H,6H2,1-5H3. The van der Waals surface area contributed by atoms with Gasteiger partial charge >= 0.3 is 0 Å². The van der Waals surface area contributed by atoms with E-state index in [0.29, 0.717) is 12.6 Å². The van der Waals surface area contributed by atoms with E-state index in [1.807, 2.05) is 7.05 Å². The summed E-state index contributed by atoms with van der Waals surface area (Å²) in [6.07, 6.45) is 0. The van der Waals surface area contributed by atoms with Crippen LogP contribution in [0.3, 0.4) is 0 Å². The van der Waals surface area contributed by atoms with Gasteiger partial charge in [0.2, 0.25) is 0 Å². The average molecular weight is 196 g/mol. The highest BCUT2D eigenvalue weighted by atomic mass is 16.2. The normalized spacial score (nSPS) is 18.2. The first-order chi connectivity index (χ1) is 6.45. The molecule has 80 valence electrons. The van der Waals surface area contributed by atoms with Gasteiger partial charge in [-0.3, -0.25) is 4.79 Å². The minimum Gasteiger partial charge on any atom is -0.370 e. The highest BCUT2D eigenvalue weighted by molar-refractivity contribution is 5.95. The summed E-state index contributed by atoms with van der Waals surface area (Å²) in [5, 5.41) is 3.31. The van der Waals surface area contributed by atoms with Crippen LogP contribution in [0.15, 0.2) is 11.3 Å². The number of hydrogen-bond donors (Lipinski definition) is 1. The second-order valence-electron chi connectivity index (χ2n) is 4.47. The van der Waals surface area contributed by atoms with E-state index in [1.165, 1.54) is 0 Å². The Kier molecular flexibility index (Phi) is 3.19. The average Bonchev–Trinajstić information content (AvgIpc) is 2.08. The van der Waals surface area contributed by atoms with Crippen molar-refractivity contribution in [3.63, 3.8) is 0 Å². The first-order valence-corrected chi connectivity index (χ1v) is 5.18. The van der Waals surface area contributed by atoms with Gasteiger partial charge in [0, 0.05) is 18.3 Å². The van der Waals surface area contributed by atoms with Crippen LogP contribution in [-0.4, -0.2) is 24.5 Å². The molecule has 1 aliphatic heterocycles. The highest BCUT2D eigenvalue weighted by Gasteiger charge is 2.27. The molecule has 1 N–H and O–H groups in total. The van der Waals surface area contributed by atoms with Crippen molar-refractivity contribution in [2.24, 2.45) is 11.8 Å².